The number of ketones is 1. The first-order valence-corrected chi connectivity index (χ1v) is 10.5. The number of nitrogens with one attached hydrogen (secondary N) is 2. The van der Waals surface area contributed by atoms with E-state index in [0.29, 0.717) is 0 Å². The number of fused-ring (bicyclic) bond motifs is 1. The third-order valence-corrected chi connectivity index (χ3v) is 6.11. The van der Waals surface area contributed by atoms with Crippen molar-refractivity contribution in [2.75, 3.05) is 4.72 Å². The van der Waals surface area contributed by atoms with Crippen molar-refractivity contribution in [1.82, 2.24) is 9.97 Å². The molecule has 6 nitrogen and oxygen atoms in total. The quantitative estimate of drug-likeness (QED) is 0.419. The predicted octanol–water partition coefficient (Wildman–Crippen LogP) is 4.67. The largest absolute Gasteiger partial charge is 0.345 e. The van der Waals surface area contributed by atoms with Crippen molar-refractivity contribution in [3.8, 4) is 0 Å². The first kappa shape index (κ1) is 20.9. The highest BCUT2D eigenvalue weighted by Crippen LogP contribution is 2.30. The zero-order valence-electron chi connectivity index (χ0n) is 15.3. The number of rotatable bonds is 5. The molecule has 2 N–H and O–H groups in total. The molecule has 0 fully saturated rings. The molecule has 0 bridgehead atoms. The standard InChI is InChI=1S/C20H11ClF3N3O3S/c21-13-6-7-25-20-16(13)12(9-26-20)19(28)17-14(23)4-5-15(18(17)24)27-31(29,30)11-3-1-2-10(22)8-11/h1-9,27H,(H,25,26). The number of pyridine rings is 1. The molecule has 0 atom stereocenters. The van der Waals surface area contributed by atoms with E-state index in [1.807, 2.05) is 4.72 Å². The molecule has 0 unspecified atom stereocenters. The minimum atomic E-state index is -4.41. The van der Waals surface area contributed by atoms with Crippen LogP contribution in [0.25, 0.3) is 11.0 Å². The number of hydrogen-bond acceptors (Lipinski definition) is 4. The van der Waals surface area contributed by atoms with Gasteiger partial charge in [0.15, 0.2) is 5.82 Å². The highest BCUT2D eigenvalue weighted by Gasteiger charge is 2.27. The van der Waals surface area contributed by atoms with E-state index in [1.54, 1.807) is 0 Å². The number of H-pyrrole nitrogens is 1. The van der Waals surface area contributed by atoms with Gasteiger partial charge in [0.1, 0.15) is 17.3 Å². The van der Waals surface area contributed by atoms with Crippen molar-refractivity contribution >= 4 is 44.1 Å². The fraction of sp³-hybridized carbons (Fsp3) is 0. The van der Waals surface area contributed by atoms with E-state index in [9.17, 15) is 22.0 Å². The van der Waals surface area contributed by atoms with Crippen LogP contribution >= 0.6 is 11.6 Å². The van der Waals surface area contributed by atoms with Gasteiger partial charge >= 0.3 is 0 Å². The average Bonchev–Trinajstić information content (AvgIpc) is 3.16. The average molecular weight is 466 g/mol. The van der Waals surface area contributed by atoms with Gasteiger partial charge in [0.25, 0.3) is 10.0 Å². The monoisotopic (exact) mass is 465 g/mol. The number of hydrogen-bond donors (Lipinski definition) is 2. The molecule has 4 rings (SSSR count). The Balaban J connectivity index is 1.79. The summed E-state index contributed by atoms with van der Waals surface area (Å²) >= 11 is 6.09. The first-order valence-electron chi connectivity index (χ1n) is 8.61. The van der Waals surface area contributed by atoms with Crippen LogP contribution in [0.4, 0.5) is 18.9 Å². The summed E-state index contributed by atoms with van der Waals surface area (Å²) in [5.74, 6) is -4.52. The lowest BCUT2D eigenvalue weighted by Crippen LogP contribution is -2.16. The van der Waals surface area contributed by atoms with Crippen LogP contribution in [-0.2, 0) is 10.0 Å². The lowest BCUT2D eigenvalue weighted by atomic mass is 10.0. The summed E-state index contributed by atoms with van der Waals surface area (Å²) in [5, 5.41) is 0.303. The lowest BCUT2D eigenvalue weighted by Gasteiger charge is -2.12. The molecule has 0 spiro atoms. The third-order valence-electron chi connectivity index (χ3n) is 4.44. The summed E-state index contributed by atoms with van der Waals surface area (Å²) in [6, 6.07) is 7.00. The fourth-order valence-electron chi connectivity index (χ4n) is 3.01. The van der Waals surface area contributed by atoms with Gasteiger partial charge in [-0.15, -0.1) is 0 Å². The van der Waals surface area contributed by atoms with Crippen LogP contribution in [0.2, 0.25) is 5.02 Å². The van der Waals surface area contributed by atoms with Crippen molar-refractivity contribution in [3.05, 3.63) is 88.5 Å². The van der Waals surface area contributed by atoms with E-state index in [-0.39, 0.29) is 21.6 Å². The number of carbonyl (C=O) groups is 1. The summed E-state index contributed by atoms with van der Waals surface area (Å²) in [6.45, 7) is 0. The van der Waals surface area contributed by atoms with Crippen LogP contribution in [0.1, 0.15) is 15.9 Å². The van der Waals surface area contributed by atoms with Gasteiger partial charge < -0.3 is 4.98 Å². The maximum atomic E-state index is 15.1. The number of halogens is 4. The molecule has 0 saturated heterocycles. The Morgan fingerprint density at radius 1 is 1.10 bits per heavy atom. The summed E-state index contributed by atoms with van der Waals surface area (Å²) in [6.07, 6.45) is 2.59. The van der Waals surface area contributed by atoms with Crippen LogP contribution in [-0.4, -0.2) is 24.2 Å². The van der Waals surface area contributed by atoms with Gasteiger partial charge in [-0.2, -0.15) is 0 Å². The van der Waals surface area contributed by atoms with Crippen molar-refractivity contribution in [1.29, 1.82) is 0 Å². The highest BCUT2D eigenvalue weighted by atomic mass is 35.5. The van der Waals surface area contributed by atoms with Crippen LogP contribution in [0.5, 0.6) is 0 Å². The second-order valence-electron chi connectivity index (χ2n) is 6.39. The van der Waals surface area contributed by atoms with Crippen LogP contribution in [0.3, 0.4) is 0 Å². The predicted molar refractivity (Wildman–Crippen MR) is 108 cm³/mol. The number of aromatic amines is 1. The molecular weight excluding hydrogens is 455 g/mol. The third kappa shape index (κ3) is 3.75. The summed E-state index contributed by atoms with van der Waals surface area (Å²) in [5.41, 5.74) is -1.57. The molecule has 0 saturated carbocycles. The summed E-state index contributed by atoms with van der Waals surface area (Å²) in [7, 11) is -4.41. The fourth-order valence-corrected chi connectivity index (χ4v) is 4.35. The highest BCUT2D eigenvalue weighted by molar-refractivity contribution is 7.92. The maximum Gasteiger partial charge on any atom is 0.262 e. The second kappa shape index (κ2) is 7.71. The van der Waals surface area contributed by atoms with Gasteiger partial charge in [0, 0.05) is 17.8 Å². The van der Waals surface area contributed by atoms with Crippen LogP contribution < -0.4 is 4.72 Å². The van der Waals surface area contributed by atoms with E-state index < -0.39 is 49.4 Å². The zero-order valence-corrected chi connectivity index (χ0v) is 16.9. The zero-order chi connectivity index (χ0) is 22.3. The molecule has 0 radical (unpaired) electrons. The van der Waals surface area contributed by atoms with Crippen molar-refractivity contribution in [2.24, 2.45) is 0 Å². The SMILES string of the molecule is O=C(c1c(F)ccc(NS(=O)(=O)c2cccc(F)c2)c1F)c1c[nH]c2nccc(Cl)c12. The topological polar surface area (TPSA) is 91.9 Å². The molecule has 0 aliphatic rings. The van der Waals surface area contributed by atoms with E-state index in [4.69, 9.17) is 11.6 Å². The Labute approximate surface area is 178 Å². The minimum absolute atomic E-state index is 0.137. The van der Waals surface area contributed by atoms with Gasteiger partial charge in [-0.3, -0.25) is 9.52 Å². The molecule has 0 amide bonds. The molecular formula is C20H11ClF3N3O3S. The number of sulfonamides is 1. The second-order valence-corrected chi connectivity index (χ2v) is 8.48. The molecule has 31 heavy (non-hydrogen) atoms. The van der Waals surface area contributed by atoms with Crippen molar-refractivity contribution in [3.63, 3.8) is 0 Å². The van der Waals surface area contributed by atoms with Gasteiger partial charge in [-0.05, 0) is 36.4 Å². The molecule has 2 heterocycles. The maximum absolute atomic E-state index is 15.1. The number of benzene rings is 2. The van der Waals surface area contributed by atoms with Crippen molar-refractivity contribution < 1.29 is 26.4 Å². The van der Waals surface area contributed by atoms with Gasteiger partial charge in [0.2, 0.25) is 5.78 Å². The summed E-state index contributed by atoms with van der Waals surface area (Å²) in [4.78, 5) is 19.1. The molecule has 0 aliphatic carbocycles. The molecule has 11 heteroatoms. The van der Waals surface area contributed by atoms with Crippen molar-refractivity contribution in [2.45, 2.75) is 4.90 Å². The number of carbonyl (C=O) groups excluding carboxylic acids is 1. The molecule has 0 aliphatic heterocycles. The number of aromatic nitrogens is 2. The van der Waals surface area contributed by atoms with Gasteiger partial charge in [-0.1, -0.05) is 17.7 Å². The van der Waals surface area contributed by atoms with Crippen LogP contribution in [0, 0.1) is 17.5 Å². The Morgan fingerprint density at radius 2 is 1.87 bits per heavy atom. The minimum Gasteiger partial charge on any atom is -0.345 e. The Hall–Kier alpha value is -3.37. The van der Waals surface area contributed by atoms with E-state index in [0.717, 1.165) is 36.4 Å². The molecule has 4 aromatic rings. The lowest BCUT2D eigenvalue weighted by molar-refractivity contribution is 0.103. The molecule has 158 valence electrons. The van der Waals surface area contributed by atoms with Crippen LogP contribution in [0.15, 0.2) is 59.8 Å². The number of anilines is 1. The van der Waals surface area contributed by atoms with Gasteiger partial charge in [-0.25, -0.2) is 26.6 Å². The Kier molecular flexibility index (Phi) is 5.19. The Bertz CT molecular complexity index is 1450. The first-order chi connectivity index (χ1) is 14.7. The smallest absolute Gasteiger partial charge is 0.262 e. The van der Waals surface area contributed by atoms with E-state index in [1.165, 1.54) is 18.5 Å². The van der Waals surface area contributed by atoms with Gasteiger partial charge in [0.05, 0.1) is 26.7 Å². The Morgan fingerprint density at radius 3 is 2.61 bits per heavy atom. The van der Waals surface area contributed by atoms with E-state index in [2.05, 4.69) is 9.97 Å². The molecule has 2 aromatic heterocycles. The normalized spacial score (nSPS) is 11.6. The molecule has 2 aromatic carbocycles. The summed E-state index contributed by atoms with van der Waals surface area (Å²) < 4.78 is 69.7. The van der Waals surface area contributed by atoms with E-state index >= 15 is 4.39 Å². The number of nitrogens with zero attached hydrogens (tertiary/aromatic N) is 1.